The van der Waals surface area contributed by atoms with Gasteiger partial charge in [0.25, 0.3) is 0 Å². The maximum atomic E-state index is 12.3. The van der Waals surface area contributed by atoms with Crippen molar-refractivity contribution in [1.82, 2.24) is 0 Å². The molecule has 0 aliphatic carbocycles. The lowest BCUT2D eigenvalue weighted by atomic mass is 9.85. The van der Waals surface area contributed by atoms with Gasteiger partial charge in [0.05, 0.1) is 22.4 Å². The van der Waals surface area contributed by atoms with Crippen LogP contribution in [0.4, 0.5) is 5.69 Å². The SMILES string of the molecule is N#Cc1c(-c2ccccc2)c(N)c2c(c1-c1ccccc1)C(=O)OC2=O. The predicted octanol–water partition coefficient (Wildman–Crippen LogP) is 3.79. The summed E-state index contributed by atoms with van der Waals surface area (Å²) in [6.45, 7) is 0. The van der Waals surface area contributed by atoms with Crippen LogP contribution in [0.2, 0.25) is 0 Å². The van der Waals surface area contributed by atoms with Crippen molar-refractivity contribution in [2.75, 3.05) is 5.73 Å². The molecule has 0 amide bonds. The fraction of sp³-hybridized carbons (Fsp3) is 0. The number of ether oxygens (including phenoxy) is 1. The number of hydrogen-bond acceptors (Lipinski definition) is 5. The number of carbonyl (C=O) groups excluding carboxylic acids is 2. The molecule has 0 unspecified atom stereocenters. The lowest BCUT2D eigenvalue weighted by Crippen LogP contribution is -2.07. The first-order valence-electron chi connectivity index (χ1n) is 7.90. The van der Waals surface area contributed by atoms with Gasteiger partial charge in [-0.3, -0.25) is 0 Å². The van der Waals surface area contributed by atoms with Crippen molar-refractivity contribution in [3.63, 3.8) is 0 Å². The molecule has 1 aliphatic heterocycles. The Labute approximate surface area is 149 Å². The number of hydrogen-bond donors (Lipinski definition) is 1. The third-order valence-corrected chi connectivity index (χ3v) is 4.37. The van der Waals surface area contributed by atoms with Crippen LogP contribution in [0.25, 0.3) is 22.3 Å². The number of carbonyl (C=O) groups is 2. The topological polar surface area (TPSA) is 93.2 Å². The zero-order chi connectivity index (χ0) is 18.3. The fourth-order valence-corrected chi connectivity index (χ4v) is 3.28. The smallest absolute Gasteiger partial charge is 0.349 e. The van der Waals surface area contributed by atoms with Crippen molar-refractivity contribution >= 4 is 17.6 Å². The first kappa shape index (κ1) is 15.6. The lowest BCUT2D eigenvalue weighted by Gasteiger charge is -2.16. The van der Waals surface area contributed by atoms with Gasteiger partial charge in [-0.05, 0) is 11.1 Å². The van der Waals surface area contributed by atoms with Gasteiger partial charge < -0.3 is 10.5 Å². The van der Waals surface area contributed by atoms with Gasteiger partial charge in [-0.25, -0.2) is 9.59 Å². The molecule has 0 bridgehead atoms. The van der Waals surface area contributed by atoms with E-state index in [1.165, 1.54) is 0 Å². The van der Waals surface area contributed by atoms with E-state index in [4.69, 9.17) is 10.5 Å². The van der Waals surface area contributed by atoms with E-state index in [2.05, 4.69) is 6.07 Å². The lowest BCUT2D eigenvalue weighted by molar-refractivity contribution is 0.0444. The Bertz CT molecular complexity index is 1100. The highest BCUT2D eigenvalue weighted by molar-refractivity contribution is 6.23. The second kappa shape index (κ2) is 5.87. The van der Waals surface area contributed by atoms with Crippen LogP contribution in [-0.4, -0.2) is 11.9 Å². The Morgan fingerprint density at radius 1 is 0.731 bits per heavy atom. The molecule has 0 radical (unpaired) electrons. The number of nitrogens with two attached hydrogens (primary N) is 1. The Hall–Kier alpha value is -3.91. The molecule has 5 nitrogen and oxygen atoms in total. The molecule has 2 N–H and O–H groups in total. The third kappa shape index (κ3) is 2.17. The van der Waals surface area contributed by atoms with Gasteiger partial charge in [0.15, 0.2) is 0 Å². The number of esters is 2. The monoisotopic (exact) mass is 340 g/mol. The number of anilines is 1. The molecular weight excluding hydrogens is 328 g/mol. The molecule has 5 heteroatoms. The van der Waals surface area contributed by atoms with E-state index < -0.39 is 11.9 Å². The Morgan fingerprint density at radius 3 is 1.77 bits per heavy atom. The largest absolute Gasteiger partial charge is 0.397 e. The molecule has 0 aromatic heterocycles. The average molecular weight is 340 g/mol. The highest BCUT2D eigenvalue weighted by Gasteiger charge is 2.38. The molecule has 0 saturated carbocycles. The second-order valence-electron chi connectivity index (χ2n) is 5.81. The molecule has 1 heterocycles. The van der Waals surface area contributed by atoms with Crippen LogP contribution in [-0.2, 0) is 4.74 Å². The van der Waals surface area contributed by atoms with Crippen molar-refractivity contribution in [2.24, 2.45) is 0 Å². The van der Waals surface area contributed by atoms with Gasteiger partial charge in [0, 0.05) is 11.1 Å². The van der Waals surface area contributed by atoms with Crippen LogP contribution in [0.15, 0.2) is 60.7 Å². The molecule has 0 atom stereocenters. The summed E-state index contributed by atoms with van der Waals surface area (Å²) in [5, 5.41) is 9.89. The van der Waals surface area contributed by atoms with E-state index >= 15 is 0 Å². The summed E-state index contributed by atoms with van der Waals surface area (Å²) in [6, 6.07) is 20.2. The first-order valence-corrected chi connectivity index (χ1v) is 7.90. The summed E-state index contributed by atoms with van der Waals surface area (Å²) < 4.78 is 4.80. The molecule has 3 aromatic carbocycles. The maximum Gasteiger partial charge on any atom is 0.349 e. The van der Waals surface area contributed by atoms with Crippen molar-refractivity contribution < 1.29 is 14.3 Å². The predicted molar refractivity (Wildman–Crippen MR) is 96.2 cm³/mol. The number of cyclic esters (lactones) is 2. The molecule has 3 aromatic rings. The highest BCUT2D eigenvalue weighted by Crippen LogP contribution is 2.44. The molecule has 0 spiro atoms. The molecule has 0 fully saturated rings. The molecule has 4 rings (SSSR count). The summed E-state index contributed by atoms with van der Waals surface area (Å²) in [4.78, 5) is 24.6. The van der Waals surface area contributed by atoms with Crippen LogP contribution >= 0.6 is 0 Å². The van der Waals surface area contributed by atoms with E-state index in [-0.39, 0.29) is 22.4 Å². The quantitative estimate of drug-likeness (QED) is 0.435. The number of nitriles is 1. The minimum absolute atomic E-state index is 0.0201. The minimum atomic E-state index is -0.790. The van der Waals surface area contributed by atoms with Gasteiger partial charge in [-0.2, -0.15) is 5.26 Å². The van der Waals surface area contributed by atoms with E-state index in [1.54, 1.807) is 36.4 Å². The van der Waals surface area contributed by atoms with Gasteiger partial charge >= 0.3 is 11.9 Å². The van der Waals surface area contributed by atoms with Gasteiger partial charge in [-0.15, -0.1) is 0 Å². The highest BCUT2D eigenvalue weighted by atomic mass is 16.6. The fourth-order valence-electron chi connectivity index (χ4n) is 3.28. The van der Waals surface area contributed by atoms with Crippen molar-refractivity contribution in [2.45, 2.75) is 0 Å². The number of nitrogen functional groups attached to an aromatic ring is 1. The van der Waals surface area contributed by atoms with Crippen molar-refractivity contribution in [3.8, 4) is 28.3 Å². The Balaban J connectivity index is 2.20. The van der Waals surface area contributed by atoms with Gasteiger partial charge in [0.1, 0.15) is 6.07 Å². The number of benzene rings is 3. The molecule has 0 saturated heterocycles. The van der Waals surface area contributed by atoms with Gasteiger partial charge in [0.2, 0.25) is 0 Å². The summed E-state index contributed by atoms with van der Waals surface area (Å²) >= 11 is 0. The summed E-state index contributed by atoms with van der Waals surface area (Å²) in [7, 11) is 0. The molecule has 26 heavy (non-hydrogen) atoms. The van der Waals surface area contributed by atoms with Crippen molar-refractivity contribution in [1.29, 1.82) is 5.26 Å². The van der Waals surface area contributed by atoms with Crippen LogP contribution < -0.4 is 5.73 Å². The number of rotatable bonds is 2. The summed E-state index contributed by atoms with van der Waals surface area (Å²) in [5.41, 5.74) is 8.76. The Kier molecular flexibility index (Phi) is 3.52. The average Bonchev–Trinajstić information content (AvgIpc) is 2.97. The normalized spacial score (nSPS) is 12.4. The molecular formula is C21H12N2O3. The standard InChI is InChI=1S/C21H12N2O3/c22-11-14-15(12-7-3-1-4-8-12)17-18(21(25)26-20(17)24)19(23)16(14)13-9-5-2-6-10-13/h1-10H,23H2. The zero-order valence-corrected chi connectivity index (χ0v) is 13.5. The zero-order valence-electron chi connectivity index (χ0n) is 13.5. The van der Waals surface area contributed by atoms with E-state index in [0.717, 1.165) is 0 Å². The molecule has 1 aliphatic rings. The number of fused-ring (bicyclic) bond motifs is 1. The maximum absolute atomic E-state index is 12.3. The Morgan fingerprint density at radius 2 is 1.23 bits per heavy atom. The van der Waals surface area contributed by atoms with Crippen LogP contribution in [0.5, 0.6) is 0 Å². The number of nitrogens with zero attached hydrogens (tertiary/aromatic N) is 1. The molecule has 124 valence electrons. The van der Waals surface area contributed by atoms with E-state index in [0.29, 0.717) is 22.3 Å². The van der Waals surface area contributed by atoms with Crippen molar-refractivity contribution in [3.05, 3.63) is 77.4 Å². The summed E-state index contributed by atoms with van der Waals surface area (Å²) in [5.74, 6) is -1.58. The van der Waals surface area contributed by atoms with E-state index in [1.807, 2.05) is 24.3 Å². The second-order valence-corrected chi connectivity index (χ2v) is 5.81. The van der Waals surface area contributed by atoms with E-state index in [9.17, 15) is 14.9 Å². The minimum Gasteiger partial charge on any atom is -0.397 e. The van der Waals surface area contributed by atoms with Crippen LogP contribution in [0, 0.1) is 11.3 Å². The van der Waals surface area contributed by atoms with Gasteiger partial charge in [-0.1, -0.05) is 60.7 Å². The third-order valence-electron chi connectivity index (χ3n) is 4.37. The first-order chi connectivity index (χ1) is 12.6. The van der Waals surface area contributed by atoms with Crippen LogP contribution in [0.3, 0.4) is 0 Å². The van der Waals surface area contributed by atoms with Crippen LogP contribution in [0.1, 0.15) is 26.3 Å². The summed E-state index contributed by atoms with van der Waals surface area (Å²) in [6.07, 6.45) is 0.